The summed E-state index contributed by atoms with van der Waals surface area (Å²) in [6, 6.07) is 13.8. The normalized spacial score (nSPS) is 17.4. The molecule has 1 atom stereocenters. The van der Waals surface area contributed by atoms with Crippen LogP contribution in [0.25, 0.3) is 0 Å². The van der Waals surface area contributed by atoms with E-state index in [0.29, 0.717) is 16.7 Å². The highest BCUT2D eigenvalue weighted by Gasteiger charge is 2.26. The summed E-state index contributed by atoms with van der Waals surface area (Å²) in [5.74, 6) is -0.190. The number of ketones is 2. The van der Waals surface area contributed by atoms with Gasteiger partial charge in [-0.1, -0.05) is 36.4 Å². The first-order valence-corrected chi connectivity index (χ1v) is 7.44. The molecule has 0 bridgehead atoms. The Morgan fingerprint density at radius 2 is 1.73 bits per heavy atom. The minimum absolute atomic E-state index is 0.0299. The number of para-hydroxylation sites is 1. The van der Waals surface area contributed by atoms with E-state index < -0.39 is 0 Å². The van der Waals surface area contributed by atoms with E-state index in [0.717, 1.165) is 19.4 Å². The van der Waals surface area contributed by atoms with E-state index >= 15 is 0 Å². The minimum atomic E-state index is -0.190. The van der Waals surface area contributed by atoms with Crippen molar-refractivity contribution in [2.24, 2.45) is 0 Å². The lowest BCUT2D eigenvalue weighted by Crippen LogP contribution is -2.31. The molecule has 0 radical (unpaired) electrons. The van der Waals surface area contributed by atoms with E-state index in [1.54, 1.807) is 42.5 Å². The molecule has 22 heavy (non-hydrogen) atoms. The maximum Gasteiger partial charge on any atom is 0.195 e. The zero-order valence-electron chi connectivity index (χ0n) is 12.2. The van der Waals surface area contributed by atoms with Crippen molar-refractivity contribution in [2.45, 2.75) is 18.9 Å². The van der Waals surface area contributed by atoms with Crippen molar-refractivity contribution in [1.82, 2.24) is 5.32 Å². The third kappa shape index (κ3) is 2.65. The number of nitrogens with one attached hydrogen (secondary N) is 1. The molecule has 3 rings (SSSR count). The number of nitrogen functional groups attached to an aromatic ring is 1. The predicted octanol–water partition coefficient (Wildman–Crippen LogP) is 2.43. The summed E-state index contributed by atoms with van der Waals surface area (Å²) in [6.45, 7) is 0.846. The number of hydrogen-bond donors (Lipinski definition) is 2. The van der Waals surface area contributed by atoms with Crippen molar-refractivity contribution < 1.29 is 9.59 Å². The molecule has 0 amide bonds. The van der Waals surface area contributed by atoms with E-state index in [2.05, 4.69) is 5.32 Å². The van der Waals surface area contributed by atoms with Crippen LogP contribution in [-0.4, -0.2) is 24.2 Å². The number of anilines is 1. The third-order valence-electron chi connectivity index (χ3n) is 4.03. The Morgan fingerprint density at radius 3 is 2.41 bits per heavy atom. The number of carbonyl (C=O) groups excluding carboxylic acids is 2. The molecule has 1 saturated heterocycles. The van der Waals surface area contributed by atoms with Crippen molar-refractivity contribution in [3.63, 3.8) is 0 Å². The van der Waals surface area contributed by atoms with Gasteiger partial charge in [0, 0.05) is 16.7 Å². The zero-order chi connectivity index (χ0) is 15.5. The smallest absolute Gasteiger partial charge is 0.195 e. The molecule has 0 unspecified atom stereocenters. The number of carbonyl (C=O) groups is 2. The molecule has 112 valence electrons. The fraction of sp³-hybridized carbons (Fsp3) is 0.222. The van der Waals surface area contributed by atoms with Gasteiger partial charge in [-0.25, -0.2) is 0 Å². The standard InChI is InChI=1S/C18H18N2O2/c19-16-13(17(21)12-6-2-1-3-7-12)8-4-9-14(16)18(22)15-10-5-11-20-15/h1-4,6-9,15,20H,5,10-11,19H2/t15-/m0/s1. The van der Waals surface area contributed by atoms with Crippen LogP contribution in [0.1, 0.15) is 39.1 Å². The van der Waals surface area contributed by atoms with Crippen LogP contribution in [0.2, 0.25) is 0 Å². The molecule has 4 heteroatoms. The predicted molar refractivity (Wildman–Crippen MR) is 86.1 cm³/mol. The number of nitrogens with two attached hydrogens (primary N) is 1. The van der Waals surface area contributed by atoms with Crippen LogP contribution in [0, 0.1) is 0 Å². The van der Waals surface area contributed by atoms with Crippen LogP contribution >= 0.6 is 0 Å². The van der Waals surface area contributed by atoms with Gasteiger partial charge in [0.25, 0.3) is 0 Å². The van der Waals surface area contributed by atoms with Crippen molar-refractivity contribution in [1.29, 1.82) is 0 Å². The van der Waals surface area contributed by atoms with Gasteiger partial charge in [0.05, 0.1) is 11.7 Å². The van der Waals surface area contributed by atoms with E-state index in [4.69, 9.17) is 5.73 Å². The zero-order valence-corrected chi connectivity index (χ0v) is 12.2. The van der Waals surface area contributed by atoms with Crippen LogP contribution in [0.15, 0.2) is 48.5 Å². The molecule has 1 aliphatic rings. The van der Waals surface area contributed by atoms with Gasteiger partial charge >= 0.3 is 0 Å². The van der Waals surface area contributed by atoms with Gasteiger partial charge in [0.1, 0.15) is 0 Å². The van der Waals surface area contributed by atoms with Crippen LogP contribution in [0.3, 0.4) is 0 Å². The van der Waals surface area contributed by atoms with Crippen molar-refractivity contribution in [3.8, 4) is 0 Å². The maximum atomic E-state index is 12.6. The van der Waals surface area contributed by atoms with Gasteiger partial charge in [0.15, 0.2) is 11.6 Å². The van der Waals surface area contributed by atoms with Crippen molar-refractivity contribution >= 4 is 17.3 Å². The average molecular weight is 294 g/mol. The molecule has 1 aliphatic heterocycles. The minimum Gasteiger partial charge on any atom is -0.398 e. The highest BCUT2D eigenvalue weighted by molar-refractivity contribution is 6.15. The number of Topliss-reactive ketones (excluding diaryl/α,β-unsaturated/α-hetero) is 1. The van der Waals surface area contributed by atoms with Gasteiger partial charge in [-0.05, 0) is 31.5 Å². The number of benzene rings is 2. The topological polar surface area (TPSA) is 72.2 Å². The average Bonchev–Trinajstić information content (AvgIpc) is 3.09. The van der Waals surface area contributed by atoms with E-state index in [1.165, 1.54) is 0 Å². The SMILES string of the molecule is Nc1c(C(=O)c2ccccc2)cccc1C(=O)[C@@H]1CCCN1. The quantitative estimate of drug-likeness (QED) is 0.671. The molecule has 1 heterocycles. The Balaban J connectivity index is 1.95. The highest BCUT2D eigenvalue weighted by atomic mass is 16.1. The lowest BCUT2D eigenvalue weighted by atomic mass is 9.95. The Morgan fingerprint density at radius 1 is 1.00 bits per heavy atom. The monoisotopic (exact) mass is 294 g/mol. The van der Waals surface area contributed by atoms with Gasteiger partial charge in [-0.2, -0.15) is 0 Å². The largest absolute Gasteiger partial charge is 0.398 e. The summed E-state index contributed by atoms with van der Waals surface area (Å²) in [5, 5.41) is 3.17. The summed E-state index contributed by atoms with van der Waals surface area (Å²) in [4.78, 5) is 25.1. The fourth-order valence-electron chi connectivity index (χ4n) is 2.82. The second-order valence-electron chi connectivity index (χ2n) is 5.48. The molecule has 3 N–H and O–H groups in total. The molecule has 1 fully saturated rings. The van der Waals surface area contributed by atoms with E-state index in [-0.39, 0.29) is 23.3 Å². The molecule has 0 saturated carbocycles. The summed E-state index contributed by atoms with van der Waals surface area (Å²) >= 11 is 0. The number of rotatable bonds is 4. The Kier molecular flexibility index (Phi) is 4.02. The summed E-state index contributed by atoms with van der Waals surface area (Å²) in [6.07, 6.45) is 1.80. The first-order valence-electron chi connectivity index (χ1n) is 7.44. The first kappa shape index (κ1) is 14.5. The first-order chi connectivity index (χ1) is 10.7. The molecule has 2 aromatic carbocycles. The molecular weight excluding hydrogens is 276 g/mol. The van der Waals surface area contributed by atoms with Crippen LogP contribution in [0.4, 0.5) is 5.69 Å². The lowest BCUT2D eigenvalue weighted by Gasteiger charge is -2.13. The Bertz CT molecular complexity index is 704. The van der Waals surface area contributed by atoms with Crippen molar-refractivity contribution in [2.75, 3.05) is 12.3 Å². The van der Waals surface area contributed by atoms with Crippen molar-refractivity contribution in [3.05, 3.63) is 65.2 Å². The summed E-state index contributed by atoms with van der Waals surface area (Å²) in [5.41, 5.74) is 7.78. The van der Waals surface area contributed by atoms with E-state index in [9.17, 15) is 9.59 Å². The molecular formula is C18H18N2O2. The second-order valence-corrected chi connectivity index (χ2v) is 5.48. The molecule has 0 aromatic heterocycles. The van der Waals surface area contributed by atoms with Gasteiger partial charge < -0.3 is 11.1 Å². The lowest BCUT2D eigenvalue weighted by molar-refractivity contribution is 0.0953. The van der Waals surface area contributed by atoms with Gasteiger partial charge in [-0.3, -0.25) is 9.59 Å². The third-order valence-corrected chi connectivity index (χ3v) is 4.03. The highest BCUT2D eigenvalue weighted by Crippen LogP contribution is 2.23. The molecule has 0 aliphatic carbocycles. The van der Waals surface area contributed by atoms with Crippen LogP contribution in [0.5, 0.6) is 0 Å². The fourth-order valence-corrected chi connectivity index (χ4v) is 2.82. The van der Waals surface area contributed by atoms with E-state index in [1.807, 2.05) is 6.07 Å². The Hall–Kier alpha value is -2.46. The summed E-state index contributed by atoms with van der Waals surface area (Å²) < 4.78 is 0. The molecule has 0 spiro atoms. The molecule has 4 nitrogen and oxygen atoms in total. The van der Waals surface area contributed by atoms with Crippen LogP contribution in [-0.2, 0) is 0 Å². The summed E-state index contributed by atoms with van der Waals surface area (Å²) in [7, 11) is 0. The van der Waals surface area contributed by atoms with Gasteiger partial charge in [0.2, 0.25) is 0 Å². The maximum absolute atomic E-state index is 12.6. The van der Waals surface area contributed by atoms with Gasteiger partial charge in [-0.15, -0.1) is 0 Å². The van der Waals surface area contributed by atoms with Crippen LogP contribution < -0.4 is 11.1 Å². The molecule has 2 aromatic rings. The Labute approximate surface area is 129 Å². The second kappa shape index (κ2) is 6.12. The number of hydrogen-bond acceptors (Lipinski definition) is 4.